The van der Waals surface area contributed by atoms with E-state index >= 15 is 0 Å². The number of hydrogen-bond donors (Lipinski definition) is 1. The Morgan fingerprint density at radius 3 is 2.79 bits per heavy atom. The summed E-state index contributed by atoms with van der Waals surface area (Å²) in [5.74, 6) is 0.422. The van der Waals surface area contributed by atoms with Gasteiger partial charge in [-0.2, -0.15) is 5.10 Å². The molecule has 0 spiro atoms. The zero-order valence-electron chi connectivity index (χ0n) is 17.3. The number of pyridine rings is 1. The average molecular weight is 399 g/mol. The van der Waals surface area contributed by atoms with Gasteiger partial charge in [0.1, 0.15) is 0 Å². The van der Waals surface area contributed by atoms with Crippen LogP contribution in [0.5, 0.6) is 0 Å². The number of hydrogen-bond acceptors (Lipinski definition) is 5. The third-order valence-electron chi connectivity index (χ3n) is 6.25. The summed E-state index contributed by atoms with van der Waals surface area (Å²) in [7, 11) is 0. The molecule has 2 atom stereocenters. The van der Waals surface area contributed by atoms with Gasteiger partial charge in [0.15, 0.2) is 5.65 Å². The molecule has 4 rings (SSSR count). The van der Waals surface area contributed by atoms with Gasteiger partial charge in [-0.05, 0) is 51.4 Å². The molecule has 0 unspecified atom stereocenters. The minimum absolute atomic E-state index is 0.0736. The van der Waals surface area contributed by atoms with Crippen LogP contribution in [0.3, 0.4) is 0 Å². The lowest BCUT2D eigenvalue weighted by molar-refractivity contribution is -0.128. The van der Waals surface area contributed by atoms with E-state index in [0.717, 1.165) is 42.8 Å². The van der Waals surface area contributed by atoms with Gasteiger partial charge in [-0.15, -0.1) is 0 Å². The van der Waals surface area contributed by atoms with Crippen molar-refractivity contribution in [2.75, 3.05) is 32.7 Å². The SMILES string of the molecule is CC(=O)N1CC[C@@H](c2nn(CCNC(=O)[C@H](C)N3CCCC3)c3ncccc23)C1. The Kier molecular flexibility index (Phi) is 5.80. The number of carbonyl (C=O) groups excluding carboxylic acids is 2. The molecule has 0 bridgehead atoms. The van der Waals surface area contributed by atoms with Crippen molar-refractivity contribution in [3.05, 3.63) is 24.0 Å². The fourth-order valence-electron chi connectivity index (χ4n) is 4.49. The maximum atomic E-state index is 12.5. The van der Waals surface area contributed by atoms with E-state index in [9.17, 15) is 9.59 Å². The van der Waals surface area contributed by atoms with Crippen LogP contribution in [0.25, 0.3) is 11.0 Å². The molecule has 0 radical (unpaired) electrons. The summed E-state index contributed by atoms with van der Waals surface area (Å²) in [5, 5.41) is 8.93. The molecular weight excluding hydrogens is 368 g/mol. The molecule has 8 heteroatoms. The van der Waals surface area contributed by atoms with E-state index in [4.69, 9.17) is 5.10 Å². The van der Waals surface area contributed by atoms with Gasteiger partial charge in [0.05, 0.1) is 18.3 Å². The van der Waals surface area contributed by atoms with Gasteiger partial charge >= 0.3 is 0 Å². The van der Waals surface area contributed by atoms with Crippen molar-refractivity contribution in [1.29, 1.82) is 0 Å². The molecule has 2 aromatic heterocycles. The monoisotopic (exact) mass is 398 g/mol. The van der Waals surface area contributed by atoms with Crippen LogP contribution in [-0.2, 0) is 16.1 Å². The summed E-state index contributed by atoms with van der Waals surface area (Å²) in [4.78, 5) is 32.8. The first-order valence-electron chi connectivity index (χ1n) is 10.6. The van der Waals surface area contributed by atoms with Gasteiger partial charge in [-0.25, -0.2) is 9.67 Å². The summed E-state index contributed by atoms with van der Waals surface area (Å²) in [6.45, 7) is 8.19. The zero-order chi connectivity index (χ0) is 20.4. The van der Waals surface area contributed by atoms with E-state index < -0.39 is 0 Å². The Morgan fingerprint density at radius 2 is 2.07 bits per heavy atom. The second kappa shape index (κ2) is 8.49. The molecule has 2 saturated heterocycles. The van der Waals surface area contributed by atoms with Crippen molar-refractivity contribution >= 4 is 22.8 Å². The first kappa shape index (κ1) is 19.8. The maximum Gasteiger partial charge on any atom is 0.237 e. The van der Waals surface area contributed by atoms with Crippen molar-refractivity contribution in [2.24, 2.45) is 0 Å². The Hall–Kier alpha value is -2.48. The lowest BCUT2D eigenvalue weighted by atomic mass is 10.0. The van der Waals surface area contributed by atoms with Crippen LogP contribution in [0, 0.1) is 0 Å². The first-order valence-corrected chi connectivity index (χ1v) is 10.6. The Morgan fingerprint density at radius 1 is 1.28 bits per heavy atom. The molecule has 29 heavy (non-hydrogen) atoms. The summed E-state index contributed by atoms with van der Waals surface area (Å²) in [6.07, 6.45) is 5.04. The number of nitrogens with one attached hydrogen (secondary N) is 1. The molecule has 2 aliphatic rings. The van der Waals surface area contributed by atoms with Crippen molar-refractivity contribution in [1.82, 2.24) is 29.9 Å². The van der Waals surface area contributed by atoms with E-state index in [2.05, 4.69) is 15.2 Å². The predicted molar refractivity (Wildman–Crippen MR) is 110 cm³/mol. The van der Waals surface area contributed by atoms with Crippen molar-refractivity contribution in [3.63, 3.8) is 0 Å². The van der Waals surface area contributed by atoms with Gasteiger partial charge in [0, 0.05) is 44.1 Å². The van der Waals surface area contributed by atoms with Crippen LogP contribution >= 0.6 is 0 Å². The van der Waals surface area contributed by atoms with Gasteiger partial charge in [-0.1, -0.05) is 0 Å². The summed E-state index contributed by atoms with van der Waals surface area (Å²) < 4.78 is 1.89. The maximum absolute atomic E-state index is 12.5. The van der Waals surface area contributed by atoms with Crippen LogP contribution < -0.4 is 5.32 Å². The third kappa shape index (κ3) is 4.12. The highest BCUT2D eigenvalue weighted by molar-refractivity contribution is 5.81. The number of carbonyl (C=O) groups is 2. The van der Waals surface area contributed by atoms with E-state index in [1.165, 1.54) is 12.8 Å². The normalized spacial score (nSPS) is 21.0. The molecule has 2 fully saturated rings. The molecule has 0 aromatic carbocycles. The van der Waals surface area contributed by atoms with Gasteiger partial charge in [0.2, 0.25) is 11.8 Å². The molecule has 1 N–H and O–H groups in total. The highest BCUT2D eigenvalue weighted by Gasteiger charge is 2.29. The Bertz CT molecular complexity index is 888. The standard InChI is InChI=1S/C21H30N6O2/c1-15(25-10-3-4-11-25)21(29)23-9-13-27-20-18(6-5-8-22-20)19(24-27)17-7-12-26(14-17)16(2)28/h5-6,8,15,17H,3-4,7,9-14H2,1-2H3,(H,23,29)/t15-,17+/m0/s1. The van der Waals surface area contributed by atoms with Crippen molar-refractivity contribution in [3.8, 4) is 0 Å². The number of aromatic nitrogens is 3. The number of nitrogens with zero attached hydrogens (tertiary/aromatic N) is 5. The largest absolute Gasteiger partial charge is 0.353 e. The van der Waals surface area contributed by atoms with Crippen LogP contribution in [0.4, 0.5) is 0 Å². The van der Waals surface area contributed by atoms with E-state index in [0.29, 0.717) is 19.6 Å². The zero-order valence-corrected chi connectivity index (χ0v) is 17.3. The van der Waals surface area contributed by atoms with Crippen molar-refractivity contribution in [2.45, 2.75) is 51.6 Å². The molecule has 156 valence electrons. The number of likely N-dealkylation sites (tertiary alicyclic amines) is 2. The lowest BCUT2D eigenvalue weighted by Gasteiger charge is -2.22. The topological polar surface area (TPSA) is 83.4 Å². The van der Waals surface area contributed by atoms with Gasteiger partial charge in [0.25, 0.3) is 0 Å². The summed E-state index contributed by atoms with van der Waals surface area (Å²) in [6, 6.07) is 3.89. The van der Waals surface area contributed by atoms with Crippen LogP contribution in [0.15, 0.2) is 18.3 Å². The van der Waals surface area contributed by atoms with E-state index in [1.54, 1.807) is 13.1 Å². The molecule has 4 heterocycles. The second-order valence-corrected chi connectivity index (χ2v) is 8.14. The van der Waals surface area contributed by atoms with Crippen LogP contribution in [0.1, 0.15) is 44.7 Å². The predicted octanol–water partition coefficient (Wildman–Crippen LogP) is 1.37. The molecule has 8 nitrogen and oxygen atoms in total. The van der Waals surface area contributed by atoms with Gasteiger partial charge < -0.3 is 10.2 Å². The number of fused-ring (bicyclic) bond motifs is 1. The van der Waals surface area contributed by atoms with Gasteiger partial charge in [-0.3, -0.25) is 14.5 Å². The van der Waals surface area contributed by atoms with E-state index in [1.807, 2.05) is 28.6 Å². The fraction of sp³-hybridized carbons (Fsp3) is 0.619. The second-order valence-electron chi connectivity index (χ2n) is 8.14. The Balaban J connectivity index is 1.43. The third-order valence-corrected chi connectivity index (χ3v) is 6.25. The Labute approximate surface area is 171 Å². The lowest BCUT2D eigenvalue weighted by Crippen LogP contribution is -2.44. The van der Waals surface area contributed by atoms with E-state index in [-0.39, 0.29) is 23.8 Å². The molecule has 2 amide bonds. The number of rotatable bonds is 6. The first-order chi connectivity index (χ1) is 14.0. The van der Waals surface area contributed by atoms with Crippen molar-refractivity contribution < 1.29 is 9.59 Å². The summed E-state index contributed by atoms with van der Waals surface area (Å²) in [5.41, 5.74) is 1.85. The number of amides is 2. The molecule has 2 aromatic rings. The minimum Gasteiger partial charge on any atom is -0.353 e. The molecule has 0 aliphatic carbocycles. The quantitative estimate of drug-likeness (QED) is 0.795. The highest BCUT2D eigenvalue weighted by Crippen LogP contribution is 2.31. The molecule has 2 aliphatic heterocycles. The van der Waals surface area contributed by atoms with Crippen LogP contribution in [-0.4, -0.2) is 75.1 Å². The smallest absolute Gasteiger partial charge is 0.237 e. The van der Waals surface area contributed by atoms with Crippen LogP contribution in [0.2, 0.25) is 0 Å². The fourth-order valence-corrected chi connectivity index (χ4v) is 4.49. The molecule has 0 saturated carbocycles. The summed E-state index contributed by atoms with van der Waals surface area (Å²) >= 11 is 0. The average Bonchev–Trinajstić information content (AvgIpc) is 3.47. The highest BCUT2D eigenvalue weighted by atomic mass is 16.2. The molecular formula is C21H30N6O2. The minimum atomic E-state index is -0.0865.